The van der Waals surface area contributed by atoms with Crippen LogP contribution >= 0.6 is 0 Å². The van der Waals surface area contributed by atoms with Crippen molar-refractivity contribution in [2.45, 2.75) is 19.8 Å². The molecule has 2 aromatic rings. The highest BCUT2D eigenvalue weighted by Crippen LogP contribution is 2.15. The van der Waals surface area contributed by atoms with E-state index in [4.69, 9.17) is 0 Å². The second-order valence-electron chi connectivity index (χ2n) is 2.95. The first-order valence-electron chi connectivity index (χ1n) is 4.64. The molecule has 2 rings (SSSR count). The number of unbranched alkanes of at least 4 members (excludes halogenated alkanes) is 1. The van der Waals surface area contributed by atoms with Crippen molar-refractivity contribution >= 4 is 23.2 Å². The van der Waals surface area contributed by atoms with Crippen molar-refractivity contribution in [3.05, 3.63) is 12.7 Å². The molecular weight excluding hydrogens is 178 g/mol. The highest BCUT2D eigenvalue weighted by molar-refractivity contribution is 5.80. The zero-order valence-corrected chi connectivity index (χ0v) is 7.99. The minimum Gasteiger partial charge on any atom is -0.323 e. The van der Waals surface area contributed by atoms with E-state index in [-0.39, 0.29) is 0 Å². The summed E-state index contributed by atoms with van der Waals surface area (Å²) < 4.78 is 0. The Morgan fingerprint density at radius 3 is 3.36 bits per heavy atom. The number of nitrogens with one attached hydrogen (secondary N) is 2. The normalized spacial score (nSPS) is 11.5. The second-order valence-corrected chi connectivity index (χ2v) is 2.95. The number of aromatic amines is 2. The lowest BCUT2D eigenvalue weighted by atomic mass is 10.4. The third-order valence-corrected chi connectivity index (χ3v) is 1.88. The van der Waals surface area contributed by atoms with E-state index < -0.39 is 0 Å². The monoisotopic (exact) mass is 190 g/mol. The fourth-order valence-corrected chi connectivity index (χ4v) is 1.17. The van der Waals surface area contributed by atoms with Gasteiger partial charge in [0.05, 0.1) is 0 Å². The van der Waals surface area contributed by atoms with Crippen molar-refractivity contribution in [3.8, 4) is 0 Å². The summed E-state index contributed by atoms with van der Waals surface area (Å²) in [6.07, 6.45) is 7.16. The number of aliphatic imine (C=N–C) groups is 1. The summed E-state index contributed by atoms with van der Waals surface area (Å²) in [5.41, 5.74) is 1.63. The van der Waals surface area contributed by atoms with Crippen molar-refractivity contribution in [2.75, 3.05) is 0 Å². The maximum atomic E-state index is 4.27. The van der Waals surface area contributed by atoms with Gasteiger partial charge >= 0.3 is 0 Å². The van der Waals surface area contributed by atoms with Crippen molar-refractivity contribution in [1.29, 1.82) is 0 Å². The summed E-state index contributed by atoms with van der Waals surface area (Å²) in [7, 11) is 0. The van der Waals surface area contributed by atoms with E-state index in [1.54, 1.807) is 12.7 Å². The molecule has 0 aromatic carbocycles. The molecular formula is C9H12N5+. The summed E-state index contributed by atoms with van der Waals surface area (Å²) in [5.74, 6) is 0.685. The molecule has 0 saturated heterocycles. The zero-order valence-electron chi connectivity index (χ0n) is 7.99. The first-order chi connectivity index (χ1) is 6.92. The Bertz CT molecular complexity index is 445. The summed E-state index contributed by atoms with van der Waals surface area (Å²) in [6, 6.07) is 0. The third-order valence-electron chi connectivity index (χ3n) is 1.88. The van der Waals surface area contributed by atoms with Crippen LogP contribution in [0.4, 0.5) is 5.82 Å². The number of nitrogens with zero attached hydrogens (tertiary/aromatic N) is 3. The minimum atomic E-state index is 0.685. The zero-order chi connectivity index (χ0) is 9.80. The third kappa shape index (κ3) is 1.61. The Balaban J connectivity index is 2.36. The maximum absolute atomic E-state index is 4.27. The quantitative estimate of drug-likeness (QED) is 0.740. The van der Waals surface area contributed by atoms with Gasteiger partial charge in [0.1, 0.15) is 0 Å². The molecule has 0 aliphatic rings. The lowest BCUT2D eigenvalue weighted by Crippen LogP contribution is -2.03. The minimum absolute atomic E-state index is 0.685. The summed E-state index contributed by atoms with van der Waals surface area (Å²) >= 11 is 0. The number of hydrogen-bond acceptors (Lipinski definition) is 3. The number of fused-ring (bicyclic) bond motifs is 1. The van der Waals surface area contributed by atoms with Crippen LogP contribution in [0.25, 0.3) is 11.2 Å². The number of imidazole rings is 1. The molecule has 0 aliphatic heterocycles. The highest BCUT2D eigenvalue weighted by atomic mass is 15.0. The SMILES string of the molecule is CCCC=Nc1nc[nH+]c2nc[nH]c12. The van der Waals surface area contributed by atoms with Gasteiger partial charge in [-0.3, -0.25) is 0 Å². The van der Waals surface area contributed by atoms with Crippen LogP contribution in [0.15, 0.2) is 17.6 Å². The number of rotatable bonds is 3. The molecule has 0 fully saturated rings. The van der Waals surface area contributed by atoms with Crippen LogP contribution in [-0.2, 0) is 0 Å². The predicted molar refractivity (Wildman–Crippen MR) is 53.5 cm³/mol. The number of aromatic nitrogens is 4. The molecule has 0 bridgehead atoms. The van der Waals surface area contributed by atoms with Crippen molar-refractivity contribution in [2.24, 2.45) is 4.99 Å². The molecule has 5 heteroatoms. The number of hydrogen-bond donors (Lipinski definition) is 1. The average Bonchev–Trinajstić information content (AvgIpc) is 2.67. The summed E-state index contributed by atoms with van der Waals surface area (Å²) in [4.78, 5) is 18.4. The smallest absolute Gasteiger partial charge is 0.291 e. The van der Waals surface area contributed by atoms with Crippen LogP contribution in [-0.4, -0.2) is 21.2 Å². The van der Waals surface area contributed by atoms with E-state index >= 15 is 0 Å². The molecule has 0 atom stereocenters. The van der Waals surface area contributed by atoms with E-state index in [1.165, 1.54) is 0 Å². The standard InChI is InChI=1S/C9H11N5/c1-2-3-4-10-8-7-9(12-5-11-7)14-6-13-8/h4-6H,2-3H2,1H3,(H,11,12,13,14)/p+1. The maximum Gasteiger partial charge on any atom is 0.291 e. The molecule has 72 valence electrons. The van der Waals surface area contributed by atoms with E-state index in [1.807, 2.05) is 6.21 Å². The Morgan fingerprint density at radius 2 is 2.50 bits per heavy atom. The molecule has 2 heterocycles. The Hall–Kier alpha value is -1.78. The Kier molecular flexibility index (Phi) is 2.48. The van der Waals surface area contributed by atoms with Crippen LogP contribution in [0.2, 0.25) is 0 Å². The van der Waals surface area contributed by atoms with Crippen LogP contribution in [0, 0.1) is 0 Å². The molecule has 0 saturated carbocycles. The average molecular weight is 190 g/mol. The van der Waals surface area contributed by atoms with Gasteiger partial charge in [-0.05, 0) is 6.42 Å². The summed E-state index contributed by atoms with van der Waals surface area (Å²) in [5, 5.41) is 0. The molecule has 5 nitrogen and oxygen atoms in total. The predicted octanol–water partition coefficient (Wildman–Crippen LogP) is 1.27. The van der Waals surface area contributed by atoms with Gasteiger partial charge < -0.3 is 4.98 Å². The molecule has 0 unspecified atom stereocenters. The second kappa shape index (κ2) is 3.95. The Morgan fingerprint density at radius 1 is 1.57 bits per heavy atom. The molecule has 2 aromatic heterocycles. The van der Waals surface area contributed by atoms with Crippen LogP contribution in [0.1, 0.15) is 19.8 Å². The topological polar surface area (TPSA) is 68.1 Å². The van der Waals surface area contributed by atoms with Gasteiger partial charge in [-0.15, -0.1) is 0 Å². The van der Waals surface area contributed by atoms with Crippen molar-refractivity contribution < 1.29 is 4.98 Å². The molecule has 0 radical (unpaired) electrons. The number of H-pyrrole nitrogens is 2. The van der Waals surface area contributed by atoms with Gasteiger partial charge in [-0.1, -0.05) is 23.3 Å². The Labute approximate surface area is 81.3 Å². The largest absolute Gasteiger partial charge is 0.323 e. The highest BCUT2D eigenvalue weighted by Gasteiger charge is 2.09. The first kappa shape index (κ1) is 8.80. The molecule has 2 N–H and O–H groups in total. The van der Waals surface area contributed by atoms with Crippen LogP contribution in [0.3, 0.4) is 0 Å². The molecule has 0 amide bonds. The van der Waals surface area contributed by atoms with Gasteiger partial charge in [0.2, 0.25) is 6.33 Å². The fraction of sp³-hybridized carbons (Fsp3) is 0.333. The van der Waals surface area contributed by atoms with Crippen LogP contribution < -0.4 is 4.98 Å². The lowest BCUT2D eigenvalue weighted by molar-refractivity contribution is -0.352. The van der Waals surface area contributed by atoms with Crippen molar-refractivity contribution in [1.82, 2.24) is 15.0 Å². The summed E-state index contributed by atoms with van der Waals surface area (Å²) in [6.45, 7) is 2.12. The fourth-order valence-electron chi connectivity index (χ4n) is 1.17. The first-order valence-corrected chi connectivity index (χ1v) is 4.64. The van der Waals surface area contributed by atoms with Crippen LogP contribution in [0.5, 0.6) is 0 Å². The molecule has 0 spiro atoms. The molecule has 0 aliphatic carbocycles. The van der Waals surface area contributed by atoms with E-state index in [9.17, 15) is 0 Å². The molecule has 14 heavy (non-hydrogen) atoms. The lowest BCUT2D eigenvalue weighted by Gasteiger charge is -1.87. The van der Waals surface area contributed by atoms with Gasteiger partial charge in [0, 0.05) is 6.21 Å². The van der Waals surface area contributed by atoms with E-state index in [2.05, 4.69) is 31.9 Å². The van der Waals surface area contributed by atoms with E-state index in [0.29, 0.717) is 5.82 Å². The van der Waals surface area contributed by atoms with Gasteiger partial charge in [0.15, 0.2) is 11.8 Å². The van der Waals surface area contributed by atoms with E-state index in [0.717, 1.165) is 24.0 Å². The van der Waals surface area contributed by atoms with Crippen molar-refractivity contribution in [3.63, 3.8) is 0 Å². The van der Waals surface area contributed by atoms with Gasteiger partial charge in [0.25, 0.3) is 11.5 Å². The van der Waals surface area contributed by atoms with Gasteiger partial charge in [-0.2, -0.15) is 0 Å². The van der Waals surface area contributed by atoms with Gasteiger partial charge in [-0.25, -0.2) is 9.98 Å².